The summed E-state index contributed by atoms with van der Waals surface area (Å²) in [5.41, 5.74) is 0. The third-order valence-electron chi connectivity index (χ3n) is 2.87. The molecule has 0 aliphatic carbocycles. The van der Waals surface area contributed by atoms with Gasteiger partial charge in [0.2, 0.25) is 0 Å². The summed E-state index contributed by atoms with van der Waals surface area (Å²) in [7, 11) is 0. The summed E-state index contributed by atoms with van der Waals surface area (Å²) < 4.78 is 36.3. The van der Waals surface area contributed by atoms with Gasteiger partial charge < -0.3 is 0 Å². The van der Waals surface area contributed by atoms with Crippen molar-refractivity contribution >= 4 is 0 Å². The molecule has 24 heavy (non-hydrogen) atoms. The van der Waals surface area contributed by atoms with Gasteiger partial charge >= 0.3 is 152 Å². The van der Waals surface area contributed by atoms with Crippen molar-refractivity contribution in [2.45, 2.75) is 86.5 Å². The van der Waals surface area contributed by atoms with Crippen LogP contribution < -0.4 is 0 Å². The Morgan fingerprint density at radius 1 is 0.667 bits per heavy atom. The molecule has 147 valence electrons. The molecule has 0 radical (unpaired) electrons. The van der Waals surface area contributed by atoms with Gasteiger partial charge in [0, 0.05) is 0 Å². The molecule has 0 amide bonds. The van der Waals surface area contributed by atoms with E-state index in [-0.39, 0.29) is 18.3 Å². The molecule has 0 aliphatic rings. The minimum absolute atomic E-state index is 0.146. The van der Waals surface area contributed by atoms with E-state index in [4.69, 9.17) is 21.3 Å². The summed E-state index contributed by atoms with van der Waals surface area (Å²) in [6.07, 6.45) is 1.70. The van der Waals surface area contributed by atoms with Crippen molar-refractivity contribution < 1.29 is 38.6 Å². The van der Waals surface area contributed by atoms with E-state index < -0.39 is 17.2 Å². The zero-order chi connectivity index (χ0) is 18.7. The van der Waals surface area contributed by atoms with Gasteiger partial charge in [-0.1, -0.05) is 0 Å². The second kappa shape index (κ2) is 12.0. The summed E-state index contributed by atoms with van der Waals surface area (Å²) in [6.45, 7) is 17.5. The van der Waals surface area contributed by atoms with Crippen LogP contribution in [-0.4, -0.2) is 44.7 Å². The van der Waals surface area contributed by atoms with Gasteiger partial charge in [0.05, 0.1) is 0 Å². The monoisotopic (exact) mass is 387 g/mol. The van der Waals surface area contributed by atoms with E-state index in [1.165, 1.54) is 0 Å². The fourth-order valence-electron chi connectivity index (χ4n) is 2.34. The third-order valence-corrected chi connectivity index (χ3v) is 9.13. The number of unbranched alkanes of at least 4 members (excludes halogenated alkanes) is 1. The molecule has 0 fully saturated rings. The summed E-state index contributed by atoms with van der Waals surface area (Å²) in [5, 5.41) is 0. The van der Waals surface area contributed by atoms with E-state index in [9.17, 15) is 0 Å². The van der Waals surface area contributed by atoms with Crippen LogP contribution in [0.15, 0.2) is 0 Å². The molecule has 0 saturated heterocycles. The first-order valence-electron chi connectivity index (χ1n) is 9.26. The van der Waals surface area contributed by atoms with Crippen LogP contribution in [0.5, 0.6) is 0 Å². The Hall–Kier alpha value is 0.474. The normalized spacial score (nSPS) is 14.5. The van der Waals surface area contributed by atoms with Crippen molar-refractivity contribution in [3.63, 3.8) is 0 Å². The molecule has 6 nitrogen and oxygen atoms in total. The molecule has 0 unspecified atom stereocenters. The average molecular weight is 387 g/mol. The molecule has 0 spiro atoms. The van der Waals surface area contributed by atoms with Crippen LogP contribution in [0.1, 0.15) is 68.2 Å². The number of rotatable bonds is 15. The second-order valence-electron chi connectivity index (χ2n) is 6.58. The van der Waals surface area contributed by atoms with Crippen molar-refractivity contribution in [1.29, 1.82) is 0 Å². The number of hydrogen-bond donors (Lipinski definition) is 0. The summed E-state index contributed by atoms with van der Waals surface area (Å²) in [6, 6.07) is 0. The van der Waals surface area contributed by atoms with Gasteiger partial charge in [-0.2, -0.15) is 0 Å². The molecular weight excluding hydrogens is 348 g/mol. The molecule has 0 heterocycles. The second-order valence-corrected chi connectivity index (χ2v) is 11.2. The van der Waals surface area contributed by atoms with Crippen LogP contribution >= 0.6 is 0 Å². The van der Waals surface area contributed by atoms with Crippen molar-refractivity contribution in [3.8, 4) is 0 Å². The molecule has 0 saturated carbocycles. The van der Waals surface area contributed by atoms with Crippen molar-refractivity contribution in [1.82, 2.24) is 0 Å². The van der Waals surface area contributed by atoms with Crippen molar-refractivity contribution in [3.05, 3.63) is 0 Å². The molecule has 0 rings (SSSR count). The Balaban J connectivity index is 5.28. The topological polar surface area (TPSA) is 55.4 Å². The van der Waals surface area contributed by atoms with Crippen LogP contribution in [0.2, 0.25) is 0 Å². The van der Waals surface area contributed by atoms with Crippen molar-refractivity contribution in [2.75, 3.05) is 26.4 Å². The first kappa shape index (κ1) is 24.5. The molecule has 7 heteroatoms. The Morgan fingerprint density at radius 3 is 1.54 bits per heavy atom. The maximum absolute atomic E-state index is 6.16. The van der Waals surface area contributed by atoms with Gasteiger partial charge in [-0.25, -0.2) is 0 Å². The SMILES string of the molecule is CCCCOCC[O][Ti]([O]CC)([O]C(C)C)([O]C(C)C)[O]C(C)C. The molecule has 0 N–H and O–H groups in total. The summed E-state index contributed by atoms with van der Waals surface area (Å²) >= 11 is -5.01. The molecule has 0 aromatic heterocycles. The van der Waals surface area contributed by atoms with Crippen LogP contribution in [-0.2, 0) is 38.6 Å². The van der Waals surface area contributed by atoms with E-state index in [0.29, 0.717) is 19.8 Å². The van der Waals surface area contributed by atoms with Gasteiger partial charge in [-0.05, 0) is 0 Å². The van der Waals surface area contributed by atoms with E-state index >= 15 is 0 Å². The fourth-order valence-corrected chi connectivity index (χ4v) is 8.36. The summed E-state index contributed by atoms with van der Waals surface area (Å²) in [4.78, 5) is 0. The first-order chi connectivity index (χ1) is 11.2. The fraction of sp³-hybridized carbons (Fsp3) is 1.00. The van der Waals surface area contributed by atoms with E-state index in [2.05, 4.69) is 6.92 Å². The predicted molar refractivity (Wildman–Crippen MR) is 92.0 cm³/mol. The Morgan fingerprint density at radius 2 is 1.17 bits per heavy atom. The molecule has 0 aromatic rings. The molecule has 0 atom stereocenters. The molecular formula is C17H39O6Ti. The quantitative estimate of drug-likeness (QED) is 0.307. The zero-order valence-corrected chi connectivity index (χ0v) is 18.5. The molecule has 0 bridgehead atoms. The van der Waals surface area contributed by atoms with Gasteiger partial charge in [-0.3, -0.25) is 0 Å². The van der Waals surface area contributed by atoms with Crippen LogP contribution in [0, 0.1) is 0 Å². The van der Waals surface area contributed by atoms with Gasteiger partial charge in [0.1, 0.15) is 0 Å². The maximum atomic E-state index is 6.16. The Labute approximate surface area is 151 Å². The molecule has 0 aliphatic heterocycles. The number of ether oxygens (including phenoxy) is 1. The molecule has 0 aromatic carbocycles. The van der Waals surface area contributed by atoms with Gasteiger partial charge in [-0.15, -0.1) is 0 Å². The Kier molecular flexibility index (Phi) is 12.2. The number of hydrogen-bond acceptors (Lipinski definition) is 6. The summed E-state index contributed by atoms with van der Waals surface area (Å²) in [5.74, 6) is 0. The standard InChI is InChI=1S/C6H13O2.3C3H7O.C2H5O.Ti/c1-2-3-5-8-6-4-7;3*1-3(2)4;1-2-3;/h2-6H2,1H3;3*3H,1-2H3;2H2,1H3;/q5*-1;+5. The van der Waals surface area contributed by atoms with Crippen molar-refractivity contribution in [2.24, 2.45) is 0 Å². The zero-order valence-electron chi connectivity index (χ0n) is 16.9. The van der Waals surface area contributed by atoms with Gasteiger partial charge in [0.25, 0.3) is 0 Å². The predicted octanol–water partition coefficient (Wildman–Crippen LogP) is 4.40. The third kappa shape index (κ3) is 9.25. The van der Waals surface area contributed by atoms with Crippen LogP contribution in [0.4, 0.5) is 0 Å². The average Bonchev–Trinajstić information content (AvgIpc) is 2.40. The van der Waals surface area contributed by atoms with Crippen LogP contribution in [0.25, 0.3) is 0 Å². The van der Waals surface area contributed by atoms with E-state index in [1.54, 1.807) is 0 Å². The van der Waals surface area contributed by atoms with Crippen LogP contribution in [0.3, 0.4) is 0 Å². The van der Waals surface area contributed by atoms with Gasteiger partial charge in [0.15, 0.2) is 0 Å². The minimum atomic E-state index is -5.01. The Bertz CT molecular complexity index is 293. The van der Waals surface area contributed by atoms with E-state index in [0.717, 1.165) is 19.4 Å². The van der Waals surface area contributed by atoms with E-state index in [1.807, 2.05) is 48.5 Å². The first-order valence-corrected chi connectivity index (χ1v) is 12.4.